The van der Waals surface area contributed by atoms with Crippen LogP contribution in [0.2, 0.25) is 0 Å². The average Bonchev–Trinajstić information content (AvgIpc) is 2.14. The molecule has 1 aliphatic rings. The number of ketones is 1. The number of hydrogen-bond acceptors (Lipinski definition) is 2. The van der Waals surface area contributed by atoms with Crippen LogP contribution >= 0.6 is 0 Å². The van der Waals surface area contributed by atoms with Gasteiger partial charge in [0.1, 0.15) is 0 Å². The second-order valence-electron chi connectivity index (χ2n) is 1.97. The number of rotatable bonds is 0. The average molecular weight is 111 g/mol. The molecule has 0 saturated heterocycles. The van der Waals surface area contributed by atoms with Gasteiger partial charge in [-0.15, -0.1) is 0 Å². The molecular formula is C6H9NO. The Morgan fingerprint density at radius 2 is 2.25 bits per heavy atom. The van der Waals surface area contributed by atoms with Crippen molar-refractivity contribution in [1.29, 1.82) is 0 Å². The number of Topliss-reactive ketones (excluding diaryl/α,β-unsaturated/α-hetero) is 1. The first-order chi connectivity index (χ1) is 3.84. The van der Waals surface area contributed by atoms with E-state index in [2.05, 4.69) is 0 Å². The van der Waals surface area contributed by atoms with E-state index in [0.29, 0.717) is 6.42 Å². The molecule has 0 radical (unpaired) electrons. The summed E-state index contributed by atoms with van der Waals surface area (Å²) >= 11 is 0. The van der Waals surface area contributed by atoms with Crippen molar-refractivity contribution in [1.82, 2.24) is 0 Å². The first-order valence-electron chi connectivity index (χ1n) is 2.78. The normalized spacial score (nSPS) is 25.0. The lowest BCUT2D eigenvalue weighted by Gasteiger charge is -1.85. The first-order valence-corrected chi connectivity index (χ1v) is 2.78. The van der Waals surface area contributed by atoms with Gasteiger partial charge in [0.15, 0.2) is 5.78 Å². The van der Waals surface area contributed by atoms with Crippen molar-refractivity contribution in [2.45, 2.75) is 19.3 Å². The zero-order valence-corrected chi connectivity index (χ0v) is 4.68. The molecule has 0 spiro atoms. The molecule has 2 nitrogen and oxygen atoms in total. The van der Waals surface area contributed by atoms with E-state index in [1.807, 2.05) is 0 Å². The third kappa shape index (κ3) is 0.735. The molecule has 0 aromatic carbocycles. The third-order valence-corrected chi connectivity index (χ3v) is 1.41. The second kappa shape index (κ2) is 1.99. The number of allylic oxidation sites excluding steroid dienone is 1. The smallest absolute Gasteiger partial charge is 0.160 e. The van der Waals surface area contributed by atoms with Gasteiger partial charge in [0.2, 0.25) is 0 Å². The molecule has 8 heavy (non-hydrogen) atoms. The predicted molar refractivity (Wildman–Crippen MR) is 31.1 cm³/mol. The van der Waals surface area contributed by atoms with Crippen LogP contribution in [0.4, 0.5) is 0 Å². The van der Waals surface area contributed by atoms with Crippen LogP contribution in [0.25, 0.3) is 0 Å². The minimum atomic E-state index is 0.229. The van der Waals surface area contributed by atoms with Gasteiger partial charge in [-0.3, -0.25) is 4.79 Å². The monoisotopic (exact) mass is 111 g/mol. The van der Waals surface area contributed by atoms with Crippen LogP contribution in [-0.2, 0) is 4.79 Å². The highest BCUT2D eigenvalue weighted by Crippen LogP contribution is 2.18. The van der Waals surface area contributed by atoms with Gasteiger partial charge in [0, 0.05) is 18.2 Å². The van der Waals surface area contributed by atoms with Gasteiger partial charge in [-0.05, 0) is 12.8 Å². The fraction of sp³-hybridized carbons (Fsp3) is 0.500. The highest BCUT2D eigenvalue weighted by atomic mass is 16.1. The zero-order chi connectivity index (χ0) is 5.98. The molecule has 1 aliphatic carbocycles. The van der Waals surface area contributed by atoms with E-state index in [0.717, 1.165) is 18.4 Å². The zero-order valence-electron chi connectivity index (χ0n) is 4.68. The van der Waals surface area contributed by atoms with Crippen molar-refractivity contribution in [3.8, 4) is 0 Å². The van der Waals surface area contributed by atoms with Crippen molar-refractivity contribution in [2.75, 3.05) is 0 Å². The molecular weight excluding hydrogens is 102 g/mol. The summed E-state index contributed by atoms with van der Waals surface area (Å²) in [6.07, 6.45) is 4.00. The molecule has 0 aromatic heterocycles. The maximum absolute atomic E-state index is 10.7. The van der Waals surface area contributed by atoms with Crippen LogP contribution in [0.15, 0.2) is 11.8 Å². The molecule has 1 saturated carbocycles. The summed E-state index contributed by atoms with van der Waals surface area (Å²) in [5.41, 5.74) is 5.95. The van der Waals surface area contributed by atoms with Crippen LogP contribution in [0, 0.1) is 0 Å². The van der Waals surface area contributed by atoms with Crippen molar-refractivity contribution in [3.05, 3.63) is 11.8 Å². The molecule has 1 rings (SSSR count). The molecule has 0 amide bonds. The molecule has 1 fully saturated rings. The van der Waals surface area contributed by atoms with E-state index in [1.54, 1.807) is 0 Å². The molecule has 0 atom stereocenters. The quantitative estimate of drug-likeness (QED) is 0.465. The maximum Gasteiger partial charge on any atom is 0.160 e. The first kappa shape index (κ1) is 5.35. The molecule has 0 bridgehead atoms. The molecule has 0 aromatic rings. The van der Waals surface area contributed by atoms with Crippen molar-refractivity contribution in [2.24, 2.45) is 5.73 Å². The summed E-state index contributed by atoms with van der Waals surface area (Å²) in [6, 6.07) is 0. The summed E-state index contributed by atoms with van der Waals surface area (Å²) < 4.78 is 0. The molecule has 0 aliphatic heterocycles. The number of hydrogen-bond donors (Lipinski definition) is 1. The predicted octanol–water partition coefficient (Wildman–Crippen LogP) is 0.582. The van der Waals surface area contributed by atoms with Crippen molar-refractivity contribution >= 4 is 5.78 Å². The highest BCUT2D eigenvalue weighted by molar-refractivity contribution is 5.97. The van der Waals surface area contributed by atoms with Crippen LogP contribution in [-0.4, -0.2) is 5.78 Å². The van der Waals surface area contributed by atoms with E-state index in [4.69, 9.17) is 5.73 Å². The minimum absolute atomic E-state index is 0.229. The van der Waals surface area contributed by atoms with Crippen LogP contribution in [0.5, 0.6) is 0 Å². The molecule has 0 heterocycles. The minimum Gasteiger partial charge on any atom is -0.404 e. The Morgan fingerprint density at radius 3 is 2.50 bits per heavy atom. The van der Waals surface area contributed by atoms with E-state index < -0.39 is 0 Å². The molecule has 2 heteroatoms. The highest BCUT2D eigenvalue weighted by Gasteiger charge is 2.15. The Morgan fingerprint density at radius 1 is 1.50 bits per heavy atom. The Balaban J connectivity index is 2.69. The molecule has 2 N–H and O–H groups in total. The van der Waals surface area contributed by atoms with Crippen molar-refractivity contribution < 1.29 is 4.79 Å². The lowest BCUT2D eigenvalue weighted by molar-refractivity contribution is -0.114. The van der Waals surface area contributed by atoms with Gasteiger partial charge in [0.25, 0.3) is 0 Å². The second-order valence-corrected chi connectivity index (χ2v) is 1.97. The van der Waals surface area contributed by atoms with Gasteiger partial charge in [-0.25, -0.2) is 0 Å². The van der Waals surface area contributed by atoms with E-state index in [-0.39, 0.29) is 5.78 Å². The third-order valence-electron chi connectivity index (χ3n) is 1.41. The van der Waals surface area contributed by atoms with E-state index in [9.17, 15) is 4.79 Å². The summed E-state index contributed by atoms with van der Waals surface area (Å²) in [7, 11) is 0. The maximum atomic E-state index is 10.7. The summed E-state index contributed by atoms with van der Waals surface area (Å²) in [5.74, 6) is 0.229. The van der Waals surface area contributed by atoms with E-state index in [1.165, 1.54) is 6.20 Å². The molecule has 0 unspecified atom stereocenters. The summed E-state index contributed by atoms with van der Waals surface area (Å²) in [6.45, 7) is 0. The van der Waals surface area contributed by atoms with Crippen LogP contribution in [0.1, 0.15) is 19.3 Å². The lowest BCUT2D eigenvalue weighted by atomic mass is 10.2. The number of carbonyl (C=O) groups is 1. The number of carbonyl (C=O) groups excluding carboxylic acids is 1. The van der Waals surface area contributed by atoms with Crippen LogP contribution in [0.3, 0.4) is 0 Å². The summed E-state index contributed by atoms with van der Waals surface area (Å²) in [4.78, 5) is 10.7. The topological polar surface area (TPSA) is 43.1 Å². The Labute approximate surface area is 48.4 Å². The van der Waals surface area contributed by atoms with Gasteiger partial charge in [-0.2, -0.15) is 0 Å². The summed E-state index contributed by atoms with van der Waals surface area (Å²) in [5, 5.41) is 0. The SMILES string of the molecule is N/C=C1\CCCC1=O. The Bertz CT molecular complexity index is 137. The van der Waals surface area contributed by atoms with Crippen molar-refractivity contribution in [3.63, 3.8) is 0 Å². The lowest BCUT2D eigenvalue weighted by Crippen LogP contribution is -1.94. The van der Waals surface area contributed by atoms with Gasteiger partial charge in [0.05, 0.1) is 0 Å². The van der Waals surface area contributed by atoms with Crippen LogP contribution < -0.4 is 5.73 Å². The largest absolute Gasteiger partial charge is 0.404 e. The van der Waals surface area contributed by atoms with E-state index >= 15 is 0 Å². The van der Waals surface area contributed by atoms with Gasteiger partial charge < -0.3 is 5.73 Å². The fourth-order valence-electron chi connectivity index (χ4n) is 0.916. The molecule has 44 valence electrons. The number of nitrogens with two attached hydrogens (primary N) is 1. The van der Waals surface area contributed by atoms with Gasteiger partial charge >= 0.3 is 0 Å². The van der Waals surface area contributed by atoms with Gasteiger partial charge in [-0.1, -0.05) is 0 Å². The fourth-order valence-corrected chi connectivity index (χ4v) is 0.916. The Hall–Kier alpha value is -0.790. The Kier molecular flexibility index (Phi) is 1.33. The standard InChI is InChI=1S/C6H9NO/c7-4-5-2-1-3-6(5)8/h4H,1-3,7H2/b5-4+.